The summed E-state index contributed by atoms with van der Waals surface area (Å²) >= 11 is 0. The summed E-state index contributed by atoms with van der Waals surface area (Å²) in [6.45, 7) is 1.92. The van der Waals surface area contributed by atoms with Crippen LogP contribution in [0.5, 0.6) is 11.5 Å². The molecule has 4 heteroatoms. The first-order valence-corrected chi connectivity index (χ1v) is 5.21. The molecule has 0 bridgehead atoms. The molecule has 0 fully saturated rings. The Balaban J connectivity index is 2.72. The molecule has 1 aromatic carbocycles. The Morgan fingerprint density at radius 3 is 2.69 bits per heavy atom. The lowest BCUT2D eigenvalue weighted by Crippen LogP contribution is -2.26. The van der Waals surface area contributed by atoms with Gasteiger partial charge in [0.25, 0.3) is 0 Å². The molecule has 0 aromatic heterocycles. The Labute approximate surface area is 94.8 Å². The minimum Gasteiger partial charge on any atom is -0.497 e. The fourth-order valence-electron chi connectivity index (χ4n) is 1.33. The van der Waals surface area contributed by atoms with Crippen molar-refractivity contribution in [2.75, 3.05) is 7.11 Å². The van der Waals surface area contributed by atoms with Gasteiger partial charge in [-0.3, -0.25) is 0 Å². The van der Waals surface area contributed by atoms with Gasteiger partial charge in [-0.1, -0.05) is 19.4 Å². The Bertz CT molecular complexity index is 349. The molecule has 0 radical (unpaired) electrons. The minimum atomic E-state index is -0.940. The molecular formula is C12H16O4. The van der Waals surface area contributed by atoms with Crippen molar-refractivity contribution >= 4 is 5.97 Å². The van der Waals surface area contributed by atoms with E-state index in [9.17, 15) is 4.79 Å². The number of rotatable bonds is 6. The number of benzene rings is 1. The summed E-state index contributed by atoms with van der Waals surface area (Å²) in [4.78, 5) is 10.9. The van der Waals surface area contributed by atoms with E-state index < -0.39 is 12.1 Å². The highest BCUT2D eigenvalue weighted by Crippen LogP contribution is 2.20. The maximum absolute atomic E-state index is 10.9. The number of hydrogen-bond acceptors (Lipinski definition) is 3. The van der Waals surface area contributed by atoms with Gasteiger partial charge in [0.15, 0.2) is 6.10 Å². The third-order valence-electron chi connectivity index (χ3n) is 2.15. The van der Waals surface area contributed by atoms with E-state index >= 15 is 0 Å². The number of hydrogen-bond donors (Lipinski definition) is 1. The normalized spacial score (nSPS) is 11.9. The highest BCUT2D eigenvalue weighted by atomic mass is 16.5. The summed E-state index contributed by atoms with van der Waals surface area (Å²) in [6.07, 6.45) is 0.463. The van der Waals surface area contributed by atoms with Gasteiger partial charge < -0.3 is 14.6 Å². The fourth-order valence-corrected chi connectivity index (χ4v) is 1.33. The van der Waals surface area contributed by atoms with Crippen molar-refractivity contribution in [3.8, 4) is 11.5 Å². The zero-order valence-electron chi connectivity index (χ0n) is 9.47. The summed E-state index contributed by atoms with van der Waals surface area (Å²) in [6, 6.07) is 6.93. The van der Waals surface area contributed by atoms with Crippen LogP contribution in [0, 0.1) is 0 Å². The van der Waals surface area contributed by atoms with Gasteiger partial charge in [-0.2, -0.15) is 0 Å². The van der Waals surface area contributed by atoms with Crippen LogP contribution in [0.2, 0.25) is 0 Å². The molecular weight excluding hydrogens is 208 g/mol. The van der Waals surface area contributed by atoms with Crippen molar-refractivity contribution in [1.82, 2.24) is 0 Å². The molecule has 1 N–H and O–H groups in total. The van der Waals surface area contributed by atoms with E-state index in [4.69, 9.17) is 14.6 Å². The van der Waals surface area contributed by atoms with Crippen molar-refractivity contribution < 1.29 is 19.4 Å². The van der Waals surface area contributed by atoms with Gasteiger partial charge in [-0.15, -0.1) is 0 Å². The molecule has 0 amide bonds. The Hall–Kier alpha value is -1.71. The summed E-state index contributed by atoms with van der Waals surface area (Å²) < 4.78 is 10.4. The van der Waals surface area contributed by atoms with Gasteiger partial charge in [0.2, 0.25) is 0 Å². The molecule has 0 unspecified atom stereocenters. The number of methoxy groups -OCH3 is 1. The molecule has 4 nitrogen and oxygen atoms in total. The number of ether oxygens (including phenoxy) is 2. The average molecular weight is 224 g/mol. The zero-order chi connectivity index (χ0) is 12.0. The second-order valence-corrected chi connectivity index (χ2v) is 3.41. The van der Waals surface area contributed by atoms with Crippen molar-refractivity contribution in [3.63, 3.8) is 0 Å². The van der Waals surface area contributed by atoms with Crippen molar-refractivity contribution in [1.29, 1.82) is 0 Å². The Kier molecular flexibility index (Phi) is 4.64. The van der Waals surface area contributed by atoms with E-state index in [-0.39, 0.29) is 0 Å². The third kappa shape index (κ3) is 3.46. The van der Waals surface area contributed by atoms with Gasteiger partial charge in [0.05, 0.1) is 7.11 Å². The first kappa shape index (κ1) is 12.4. The fraction of sp³-hybridized carbons (Fsp3) is 0.417. The number of carboxylic acid groups (broad SMARTS) is 1. The first-order chi connectivity index (χ1) is 7.67. The van der Waals surface area contributed by atoms with Crippen LogP contribution in [-0.4, -0.2) is 24.3 Å². The molecule has 0 saturated heterocycles. The van der Waals surface area contributed by atoms with Crippen LogP contribution in [-0.2, 0) is 4.79 Å². The number of carbonyl (C=O) groups is 1. The maximum atomic E-state index is 10.9. The monoisotopic (exact) mass is 224 g/mol. The zero-order valence-corrected chi connectivity index (χ0v) is 9.47. The van der Waals surface area contributed by atoms with Crippen molar-refractivity contribution in [3.05, 3.63) is 24.3 Å². The third-order valence-corrected chi connectivity index (χ3v) is 2.15. The summed E-state index contributed by atoms with van der Waals surface area (Å²) in [5.74, 6) is 0.225. The second kappa shape index (κ2) is 6.00. The van der Waals surface area contributed by atoms with Gasteiger partial charge >= 0.3 is 5.97 Å². The lowest BCUT2D eigenvalue weighted by atomic mass is 10.2. The lowest BCUT2D eigenvalue weighted by molar-refractivity contribution is -0.145. The van der Waals surface area contributed by atoms with Gasteiger partial charge in [0, 0.05) is 6.07 Å². The van der Waals surface area contributed by atoms with Crippen LogP contribution in [0.15, 0.2) is 24.3 Å². The molecule has 1 atom stereocenters. The molecule has 0 aliphatic carbocycles. The molecule has 1 aromatic rings. The minimum absolute atomic E-state index is 0.493. The standard InChI is InChI=1S/C12H16O4/c1-3-5-11(12(13)14)16-10-7-4-6-9(8-10)15-2/h4,6-8,11H,3,5H2,1-2H3,(H,13,14)/t11-/m0/s1. The maximum Gasteiger partial charge on any atom is 0.344 e. The quantitative estimate of drug-likeness (QED) is 0.805. The number of carboxylic acids is 1. The Morgan fingerprint density at radius 2 is 2.12 bits per heavy atom. The van der Waals surface area contributed by atoms with Gasteiger partial charge in [0.1, 0.15) is 11.5 Å². The predicted octanol–water partition coefficient (Wildman–Crippen LogP) is 2.33. The molecule has 0 saturated carbocycles. The van der Waals surface area contributed by atoms with Crippen molar-refractivity contribution in [2.45, 2.75) is 25.9 Å². The van der Waals surface area contributed by atoms with E-state index in [1.54, 1.807) is 31.4 Å². The first-order valence-electron chi connectivity index (χ1n) is 5.21. The summed E-state index contributed by atoms with van der Waals surface area (Å²) in [5, 5.41) is 8.94. The van der Waals surface area contributed by atoms with Crippen LogP contribution in [0.1, 0.15) is 19.8 Å². The second-order valence-electron chi connectivity index (χ2n) is 3.41. The van der Waals surface area contributed by atoms with Gasteiger partial charge in [-0.25, -0.2) is 4.79 Å². The van der Waals surface area contributed by atoms with Crippen LogP contribution >= 0.6 is 0 Å². The van der Waals surface area contributed by atoms with Crippen molar-refractivity contribution in [2.24, 2.45) is 0 Å². The van der Waals surface area contributed by atoms with E-state index in [0.29, 0.717) is 17.9 Å². The van der Waals surface area contributed by atoms with Crippen LogP contribution in [0.25, 0.3) is 0 Å². The SMILES string of the molecule is CCC[C@H](Oc1cccc(OC)c1)C(=O)O. The van der Waals surface area contributed by atoms with E-state index in [0.717, 1.165) is 6.42 Å². The highest BCUT2D eigenvalue weighted by Gasteiger charge is 2.18. The molecule has 0 spiro atoms. The topological polar surface area (TPSA) is 55.8 Å². The average Bonchev–Trinajstić information content (AvgIpc) is 2.28. The lowest BCUT2D eigenvalue weighted by Gasteiger charge is -2.14. The van der Waals surface area contributed by atoms with E-state index in [2.05, 4.69) is 0 Å². The largest absolute Gasteiger partial charge is 0.497 e. The molecule has 0 heterocycles. The molecule has 0 aliphatic heterocycles. The van der Waals surface area contributed by atoms with Gasteiger partial charge in [-0.05, 0) is 18.6 Å². The highest BCUT2D eigenvalue weighted by molar-refractivity contribution is 5.72. The Morgan fingerprint density at radius 1 is 1.44 bits per heavy atom. The number of aliphatic carboxylic acids is 1. The molecule has 1 rings (SSSR count). The summed E-state index contributed by atoms with van der Waals surface area (Å²) in [7, 11) is 1.56. The predicted molar refractivity (Wildman–Crippen MR) is 60.0 cm³/mol. The van der Waals surface area contributed by atoms with E-state index in [1.165, 1.54) is 0 Å². The van der Waals surface area contributed by atoms with Crippen LogP contribution in [0.3, 0.4) is 0 Å². The smallest absolute Gasteiger partial charge is 0.344 e. The molecule has 16 heavy (non-hydrogen) atoms. The molecule has 0 aliphatic rings. The molecule has 88 valence electrons. The summed E-state index contributed by atoms with van der Waals surface area (Å²) in [5.41, 5.74) is 0. The van der Waals surface area contributed by atoms with E-state index in [1.807, 2.05) is 6.92 Å². The van der Waals surface area contributed by atoms with Crippen LogP contribution < -0.4 is 9.47 Å². The van der Waals surface area contributed by atoms with Crippen LogP contribution in [0.4, 0.5) is 0 Å².